The Balaban J connectivity index is 1.46. The second-order valence-corrected chi connectivity index (χ2v) is 9.86. The standard InChI is InChI=1S/C24H20F3N5O5/c1-10(33)14-7-15(31-30-14)19(34)29-16-8-22(2)17-18(23(16,3)37-22)21(36)32(20(17)35)12-5-4-11(9-28)13(6-12)24(25,26)27/h4-7,16-18H,8H2,1-3H3,(H,29,34)(H,30,31)/t16-,17-,18+,22-,23+/m0/s1. The molecule has 0 unspecified atom stereocenters. The number of nitrogens with zero attached hydrogens (tertiary/aromatic N) is 3. The zero-order valence-electron chi connectivity index (χ0n) is 19.8. The number of aromatic amines is 1. The van der Waals surface area contributed by atoms with E-state index >= 15 is 0 Å². The molecule has 10 nitrogen and oxygen atoms in total. The van der Waals surface area contributed by atoms with E-state index in [2.05, 4.69) is 15.5 Å². The molecule has 192 valence electrons. The first-order valence-electron chi connectivity index (χ1n) is 11.3. The van der Waals surface area contributed by atoms with Gasteiger partial charge in [-0.15, -0.1) is 0 Å². The highest BCUT2D eigenvalue weighted by molar-refractivity contribution is 6.23. The number of amides is 3. The van der Waals surface area contributed by atoms with E-state index < -0.39 is 64.1 Å². The number of carbonyl (C=O) groups is 4. The number of nitrogens with one attached hydrogen (secondary N) is 2. The topological polar surface area (TPSA) is 145 Å². The van der Waals surface area contributed by atoms with Crippen LogP contribution in [0.1, 0.15) is 59.3 Å². The maximum absolute atomic E-state index is 13.5. The van der Waals surface area contributed by atoms with Crippen molar-refractivity contribution in [3.8, 4) is 6.07 Å². The van der Waals surface area contributed by atoms with Crippen LogP contribution in [0.25, 0.3) is 0 Å². The lowest BCUT2D eigenvalue weighted by Crippen LogP contribution is -2.56. The van der Waals surface area contributed by atoms with E-state index in [0.717, 1.165) is 12.1 Å². The average Bonchev–Trinajstić information content (AvgIpc) is 3.52. The normalized spacial score (nSPS) is 30.4. The Labute approximate surface area is 207 Å². The summed E-state index contributed by atoms with van der Waals surface area (Å²) in [6.45, 7) is 4.50. The number of carbonyl (C=O) groups excluding carboxylic acids is 4. The summed E-state index contributed by atoms with van der Waals surface area (Å²) in [4.78, 5) is 52.0. The van der Waals surface area contributed by atoms with Gasteiger partial charge in [0.2, 0.25) is 11.8 Å². The average molecular weight is 515 g/mol. The van der Waals surface area contributed by atoms with E-state index in [0.29, 0.717) is 11.0 Å². The highest BCUT2D eigenvalue weighted by atomic mass is 19.4. The molecular formula is C24H20F3N5O5. The van der Waals surface area contributed by atoms with Crippen LogP contribution in [0, 0.1) is 23.2 Å². The molecule has 2 aromatic rings. The maximum Gasteiger partial charge on any atom is 0.417 e. The first-order chi connectivity index (χ1) is 17.2. The van der Waals surface area contributed by atoms with Gasteiger partial charge < -0.3 is 10.1 Å². The van der Waals surface area contributed by atoms with E-state index in [1.165, 1.54) is 19.1 Å². The molecule has 1 aromatic heterocycles. The van der Waals surface area contributed by atoms with Gasteiger partial charge in [0, 0.05) is 13.3 Å². The van der Waals surface area contributed by atoms with Crippen molar-refractivity contribution in [1.82, 2.24) is 15.5 Å². The number of Topliss-reactive ketones (excluding diaryl/α,β-unsaturated/α-hetero) is 1. The number of hydrogen-bond acceptors (Lipinski definition) is 7. The fourth-order valence-electron chi connectivity index (χ4n) is 5.86. The molecule has 2 N–H and O–H groups in total. The van der Waals surface area contributed by atoms with Gasteiger partial charge in [0.1, 0.15) is 11.4 Å². The lowest BCUT2D eigenvalue weighted by molar-refractivity contribution is -0.138. The molecule has 0 aliphatic carbocycles. The molecule has 5 atom stereocenters. The third-order valence-electron chi connectivity index (χ3n) is 7.51. The van der Waals surface area contributed by atoms with Crippen molar-refractivity contribution < 1.29 is 37.1 Å². The molecular weight excluding hydrogens is 495 g/mol. The fourth-order valence-corrected chi connectivity index (χ4v) is 5.86. The highest BCUT2D eigenvalue weighted by Gasteiger charge is 2.76. The van der Waals surface area contributed by atoms with Crippen LogP contribution in [0.15, 0.2) is 24.3 Å². The monoisotopic (exact) mass is 515 g/mol. The highest BCUT2D eigenvalue weighted by Crippen LogP contribution is 2.61. The third kappa shape index (κ3) is 3.46. The Morgan fingerprint density at radius 1 is 1.22 bits per heavy atom. The largest absolute Gasteiger partial charge is 0.417 e. The minimum atomic E-state index is -4.87. The van der Waals surface area contributed by atoms with Crippen molar-refractivity contribution in [3.63, 3.8) is 0 Å². The summed E-state index contributed by atoms with van der Waals surface area (Å²) in [7, 11) is 0. The van der Waals surface area contributed by atoms with E-state index in [4.69, 9.17) is 10.00 Å². The number of halogens is 3. The zero-order chi connectivity index (χ0) is 27.1. The molecule has 5 rings (SSSR count). The number of anilines is 1. The number of ether oxygens (including phenoxy) is 1. The van der Waals surface area contributed by atoms with Gasteiger partial charge in [-0.25, -0.2) is 4.90 Å². The van der Waals surface area contributed by atoms with Crippen LogP contribution in [-0.4, -0.2) is 50.9 Å². The molecule has 37 heavy (non-hydrogen) atoms. The van der Waals surface area contributed by atoms with Crippen LogP contribution in [0.2, 0.25) is 0 Å². The molecule has 3 fully saturated rings. The van der Waals surface area contributed by atoms with Crippen molar-refractivity contribution in [3.05, 3.63) is 46.8 Å². The van der Waals surface area contributed by atoms with Gasteiger partial charge in [-0.3, -0.25) is 24.3 Å². The maximum atomic E-state index is 13.5. The molecule has 2 bridgehead atoms. The number of fused-ring (bicyclic) bond motifs is 5. The number of H-pyrrole nitrogens is 1. The molecule has 3 amide bonds. The van der Waals surface area contributed by atoms with Gasteiger partial charge >= 0.3 is 6.18 Å². The van der Waals surface area contributed by atoms with E-state index in [-0.39, 0.29) is 29.3 Å². The van der Waals surface area contributed by atoms with Gasteiger partial charge in [0.25, 0.3) is 5.91 Å². The number of alkyl halides is 3. The van der Waals surface area contributed by atoms with Gasteiger partial charge in [0.15, 0.2) is 5.78 Å². The first kappa shape index (κ1) is 24.6. The molecule has 0 radical (unpaired) electrons. The SMILES string of the molecule is CC(=O)c1cc(C(=O)N[C@H]2C[C@]3(C)O[C@@]2(C)[C@H]2C(=O)N(c4ccc(C#N)c(C(F)(F)F)c4)C(=O)[C@H]23)[nH]n1. The second-order valence-electron chi connectivity index (χ2n) is 9.86. The third-order valence-corrected chi connectivity index (χ3v) is 7.51. The number of benzene rings is 1. The summed E-state index contributed by atoms with van der Waals surface area (Å²) in [6, 6.07) is 4.70. The van der Waals surface area contributed by atoms with Crippen molar-refractivity contribution >= 4 is 29.2 Å². The van der Waals surface area contributed by atoms with Crippen LogP contribution in [-0.2, 0) is 20.5 Å². The number of hydrogen-bond donors (Lipinski definition) is 2. The quantitative estimate of drug-likeness (QED) is 0.470. The Kier molecular flexibility index (Phi) is 5.14. The zero-order valence-corrected chi connectivity index (χ0v) is 19.8. The van der Waals surface area contributed by atoms with Crippen LogP contribution in [0.3, 0.4) is 0 Å². The van der Waals surface area contributed by atoms with Crippen LogP contribution in [0.5, 0.6) is 0 Å². The van der Waals surface area contributed by atoms with Gasteiger partial charge in [-0.2, -0.15) is 23.5 Å². The molecule has 3 aliphatic rings. The molecule has 0 spiro atoms. The van der Waals surface area contributed by atoms with Gasteiger partial charge in [-0.05, 0) is 38.1 Å². The Bertz CT molecular complexity index is 1430. The molecule has 3 aliphatic heterocycles. The van der Waals surface area contributed by atoms with Gasteiger partial charge in [0.05, 0.1) is 52.0 Å². The van der Waals surface area contributed by atoms with Crippen molar-refractivity contribution in [2.75, 3.05) is 4.90 Å². The Morgan fingerprint density at radius 3 is 2.49 bits per heavy atom. The predicted molar refractivity (Wildman–Crippen MR) is 118 cm³/mol. The fraction of sp³-hybridized carbons (Fsp3) is 0.417. The molecule has 13 heteroatoms. The molecule has 0 saturated carbocycles. The van der Waals surface area contributed by atoms with E-state index in [9.17, 15) is 32.3 Å². The first-order valence-corrected chi connectivity index (χ1v) is 11.3. The predicted octanol–water partition coefficient (Wildman–Crippen LogP) is 2.36. The lowest BCUT2D eigenvalue weighted by Gasteiger charge is -2.35. The van der Waals surface area contributed by atoms with E-state index in [1.807, 2.05) is 0 Å². The van der Waals surface area contributed by atoms with Crippen LogP contribution in [0.4, 0.5) is 18.9 Å². The summed E-state index contributed by atoms with van der Waals surface area (Å²) < 4.78 is 46.7. The number of ketones is 1. The molecule has 3 saturated heterocycles. The summed E-state index contributed by atoms with van der Waals surface area (Å²) >= 11 is 0. The Morgan fingerprint density at radius 2 is 1.89 bits per heavy atom. The number of rotatable bonds is 4. The minimum Gasteiger partial charge on any atom is -0.365 e. The summed E-state index contributed by atoms with van der Waals surface area (Å²) in [5.41, 5.74) is -4.59. The van der Waals surface area contributed by atoms with Crippen molar-refractivity contribution in [2.45, 2.75) is 50.6 Å². The summed E-state index contributed by atoms with van der Waals surface area (Å²) in [6.07, 6.45) is -4.70. The summed E-state index contributed by atoms with van der Waals surface area (Å²) in [5.74, 6) is -4.43. The van der Waals surface area contributed by atoms with E-state index in [1.54, 1.807) is 13.8 Å². The number of aromatic nitrogens is 2. The second kappa shape index (κ2) is 7.72. The van der Waals surface area contributed by atoms with Crippen LogP contribution >= 0.6 is 0 Å². The minimum absolute atomic E-state index is 0.0194. The molecule has 4 heterocycles. The lowest BCUT2D eigenvalue weighted by atomic mass is 9.66. The smallest absolute Gasteiger partial charge is 0.365 e. The molecule has 1 aromatic carbocycles. The Hall–Kier alpha value is -4.05. The van der Waals surface area contributed by atoms with Crippen molar-refractivity contribution in [2.24, 2.45) is 11.8 Å². The number of nitriles is 1. The van der Waals surface area contributed by atoms with Crippen molar-refractivity contribution in [1.29, 1.82) is 5.26 Å². The van der Waals surface area contributed by atoms with Crippen LogP contribution < -0.4 is 10.2 Å². The number of imide groups is 1. The summed E-state index contributed by atoms with van der Waals surface area (Å²) in [5, 5.41) is 18.1. The van der Waals surface area contributed by atoms with Gasteiger partial charge in [-0.1, -0.05) is 0 Å².